The second kappa shape index (κ2) is 9.14. The third-order valence-corrected chi connectivity index (χ3v) is 4.07. The van der Waals surface area contributed by atoms with Gasteiger partial charge in [0.05, 0.1) is 29.1 Å². The molecule has 0 fully saturated rings. The summed E-state index contributed by atoms with van der Waals surface area (Å²) < 4.78 is 18.3. The Labute approximate surface area is 160 Å². The van der Waals surface area contributed by atoms with Gasteiger partial charge in [-0.05, 0) is 30.3 Å². The summed E-state index contributed by atoms with van der Waals surface area (Å²) in [5, 5.41) is 2.69. The summed E-state index contributed by atoms with van der Waals surface area (Å²) in [5.41, 5.74) is 0.562. The Morgan fingerprint density at radius 1 is 1.19 bits per heavy atom. The fourth-order valence-corrected chi connectivity index (χ4v) is 2.62. The minimum atomic E-state index is -0.575. The van der Waals surface area contributed by atoms with E-state index in [9.17, 15) is 18.8 Å². The van der Waals surface area contributed by atoms with Crippen molar-refractivity contribution in [1.82, 2.24) is 0 Å². The van der Waals surface area contributed by atoms with Crippen molar-refractivity contribution in [2.24, 2.45) is 0 Å². The molecule has 1 N–H and O–H groups in total. The Hall–Kier alpha value is -2.93. The lowest BCUT2D eigenvalue weighted by Gasteiger charge is -2.22. The van der Waals surface area contributed by atoms with E-state index < -0.39 is 17.7 Å². The molecule has 2 aromatic carbocycles. The lowest BCUT2D eigenvalue weighted by atomic mass is 10.1. The first-order chi connectivity index (χ1) is 12.8. The van der Waals surface area contributed by atoms with Crippen LogP contribution in [0.25, 0.3) is 0 Å². The highest BCUT2D eigenvalue weighted by molar-refractivity contribution is 6.34. The topological polar surface area (TPSA) is 75.7 Å². The average molecular weight is 393 g/mol. The normalized spacial score (nSPS) is 10.2. The second-order valence-electron chi connectivity index (χ2n) is 5.61. The summed E-state index contributed by atoms with van der Waals surface area (Å²) in [6, 6.07) is 10.1. The van der Waals surface area contributed by atoms with Gasteiger partial charge in [0.15, 0.2) is 0 Å². The highest BCUT2D eigenvalue weighted by Gasteiger charge is 2.19. The van der Waals surface area contributed by atoms with Crippen LogP contribution in [-0.2, 0) is 14.3 Å². The van der Waals surface area contributed by atoms with Crippen molar-refractivity contribution in [1.29, 1.82) is 0 Å². The van der Waals surface area contributed by atoms with Gasteiger partial charge in [-0.15, -0.1) is 0 Å². The Balaban J connectivity index is 2.14. The van der Waals surface area contributed by atoms with E-state index in [0.717, 1.165) is 0 Å². The van der Waals surface area contributed by atoms with Crippen molar-refractivity contribution in [2.45, 2.75) is 13.3 Å². The molecule has 0 unspecified atom stereocenters. The maximum Gasteiger partial charge on any atom is 0.337 e. The zero-order valence-corrected chi connectivity index (χ0v) is 15.5. The number of hydrogen-bond acceptors (Lipinski definition) is 4. The number of anilines is 2. The molecule has 2 rings (SSSR count). The fourth-order valence-electron chi connectivity index (χ4n) is 2.40. The monoisotopic (exact) mass is 392 g/mol. The van der Waals surface area contributed by atoms with Gasteiger partial charge in [-0.25, -0.2) is 9.18 Å². The molecule has 0 radical (unpaired) electrons. The minimum Gasteiger partial charge on any atom is -0.465 e. The van der Waals surface area contributed by atoms with Crippen molar-refractivity contribution in [2.75, 3.05) is 23.9 Å². The number of carbonyl (C=O) groups excluding carboxylic acids is 3. The van der Waals surface area contributed by atoms with Crippen LogP contribution in [0, 0.1) is 5.82 Å². The number of methoxy groups -OCH3 is 1. The van der Waals surface area contributed by atoms with Crippen LogP contribution >= 0.6 is 11.6 Å². The molecule has 0 aliphatic carbocycles. The van der Waals surface area contributed by atoms with Gasteiger partial charge < -0.3 is 15.0 Å². The van der Waals surface area contributed by atoms with E-state index in [0.29, 0.717) is 0 Å². The van der Waals surface area contributed by atoms with Crippen molar-refractivity contribution in [3.05, 3.63) is 58.9 Å². The molecule has 0 aliphatic rings. The van der Waals surface area contributed by atoms with E-state index in [2.05, 4.69) is 10.1 Å². The van der Waals surface area contributed by atoms with Crippen LogP contribution in [0.1, 0.15) is 23.7 Å². The van der Waals surface area contributed by atoms with Crippen LogP contribution in [-0.4, -0.2) is 31.4 Å². The van der Waals surface area contributed by atoms with Crippen LogP contribution in [0.3, 0.4) is 0 Å². The minimum absolute atomic E-state index is 0.0000345. The van der Waals surface area contributed by atoms with Gasteiger partial charge in [0.2, 0.25) is 11.8 Å². The molecule has 6 nitrogen and oxygen atoms in total. The first-order valence-electron chi connectivity index (χ1n) is 8.04. The number of esters is 1. The molecule has 2 aromatic rings. The van der Waals surface area contributed by atoms with Gasteiger partial charge in [-0.3, -0.25) is 9.59 Å². The number of para-hydroxylation sites is 1. The van der Waals surface area contributed by atoms with Crippen LogP contribution in [0.2, 0.25) is 5.02 Å². The van der Waals surface area contributed by atoms with Crippen molar-refractivity contribution >= 4 is 40.8 Å². The smallest absolute Gasteiger partial charge is 0.337 e. The van der Waals surface area contributed by atoms with Gasteiger partial charge in [-0.2, -0.15) is 0 Å². The molecule has 0 aromatic heterocycles. The molecule has 0 saturated heterocycles. The van der Waals surface area contributed by atoms with E-state index in [1.165, 1.54) is 55.3 Å². The molecule has 0 saturated carbocycles. The summed E-state index contributed by atoms with van der Waals surface area (Å²) in [6.45, 7) is 1.32. The SMILES string of the molecule is COC(=O)c1ccc(Cl)c(N(CCC(=O)Nc2ccccc2F)C(C)=O)c1. The fraction of sp³-hybridized carbons (Fsp3) is 0.211. The number of carbonyl (C=O) groups is 3. The molecule has 0 aliphatic heterocycles. The van der Waals surface area contributed by atoms with Crippen LogP contribution in [0.15, 0.2) is 42.5 Å². The second-order valence-corrected chi connectivity index (χ2v) is 6.01. The number of benzene rings is 2. The molecule has 0 atom stereocenters. The van der Waals surface area contributed by atoms with Gasteiger partial charge in [0.1, 0.15) is 5.82 Å². The maximum atomic E-state index is 13.6. The Kier molecular flexibility index (Phi) is 6.90. The van der Waals surface area contributed by atoms with Crippen LogP contribution < -0.4 is 10.2 Å². The molecule has 142 valence electrons. The molecule has 0 heterocycles. The Morgan fingerprint density at radius 3 is 2.52 bits per heavy atom. The molecular formula is C19H18ClFN2O4. The quantitative estimate of drug-likeness (QED) is 0.761. The number of nitrogens with one attached hydrogen (secondary N) is 1. The van der Waals surface area contributed by atoms with E-state index in [1.807, 2.05) is 0 Å². The highest BCUT2D eigenvalue weighted by atomic mass is 35.5. The number of amides is 2. The summed E-state index contributed by atoms with van der Waals surface area (Å²) in [5.74, 6) is -1.96. The van der Waals surface area contributed by atoms with E-state index in [1.54, 1.807) is 6.07 Å². The standard InChI is InChI=1S/C19H18ClFN2O4/c1-12(24)23(17-11-13(19(26)27-2)7-8-14(17)20)10-9-18(25)22-16-6-4-3-5-15(16)21/h3-8,11H,9-10H2,1-2H3,(H,22,25). The Bertz CT molecular complexity index is 873. The molecule has 0 spiro atoms. The summed E-state index contributed by atoms with van der Waals surface area (Å²) in [7, 11) is 1.24. The Morgan fingerprint density at radius 2 is 1.89 bits per heavy atom. The van der Waals surface area contributed by atoms with Gasteiger partial charge >= 0.3 is 5.97 Å². The van der Waals surface area contributed by atoms with Crippen LogP contribution in [0.4, 0.5) is 15.8 Å². The first-order valence-corrected chi connectivity index (χ1v) is 8.41. The third kappa shape index (κ3) is 5.27. The van der Waals surface area contributed by atoms with Crippen molar-refractivity contribution < 1.29 is 23.5 Å². The third-order valence-electron chi connectivity index (χ3n) is 3.75. The van der Waals surface area contributed by atoms with E-state index in [4.69, 9.17) is 11.6 Å². The molecule has 8 heteroatoms. The first kappa shape index (κ1) is 20.4. The predicted molar refractivity (Wildman–Crippen MR) is 100 cm³/mol. The summed E-state index contributed by atoms with van der Waals surface area (Å²) >= 11 is 6.15. The zero-order valence-electron chi connectivity index (χ0n) is 14.8. The number of rotatable bonds is 6. The largest absolute Gasteiger partial charge is 0.465 e. The number of halogens is 2. The van der Waals surface area contributed by atoms with E-state index >= 15 is 0 Å². The average Bonchev–Trinajstić information content (AvgIpc) is 2.64. The molecular weight excluding hydrogens is 375 g/mol. The predicted octanol–water partition coefficient (Wildman–Crippen LogP) is 3.65. The number of hydrogen-bond donors (Lipinski definition) is 1. The lowest BCUT2D eigenvalue weighted by Crippen LogP contribution is -2.32. The highest BCUT2D eigenvalue weighted by Crippen LogP contribution is 2.28. The summed E-state index contributed by atoms with van der Waals surface area (Å²) in [4.78, 5) is 37.1. The number of nitrogens with zero attached hydrogens (tertiary/aromatic N) is 1. The van der Waals surface area contributed by atoms with Crippen molar-refractivity contribution in [3.8, 4) is 0 Å². The molecule has 2 amide bonds. The van der Waals surface area contributed by atoms with Crippen LogP contribution in [0.5, 0.6) is 0 Å². The summed E-state index contributed by atoms with van der Waals surface area (Å²) in [6.07, 6.45) is -0.0906. The van der Waals surface area contributed by atoms with Crippen molar-refractivity contribution in [3.63, 3.8) is 0 Å². The van der Waals surface area contributed by atoms with Gasteiger partial charge in [0, 0.05) is 19.9 Å². The van der Waals surface area contributed by atoms with Gasteiger partial charge in [-0.1, -0.05) is 23.7 Å². The zero-order chi connectivity index (χ0) is 20.0. The molecule has 0 bridgehead atoms. The van der Waals surface area contributed by atoms with Gasteiger partial charge in [0.25, 0.3) is 0 Å². The van der Waals surface area contributed by atoms with E-state index in [-0.39, 0.29) is 40.8 Å². The molecule has 27 heavy (non-hydrogen) atoms. The maximum absolute atomic E-state index is 13.6. The number of ether oxygens (including phenoxy) is 1. The lowest BCUT2D eigenvalue weighted by molar-refractivity contribution is -0.117.